The van der Waals surface area contributed by atoms with Gasteiger partial charge in [0.1, 0.15) is 0 Å². The summed E-state index contributed by atoms with van der Waals surface area (Å²) in [5.74, 6) is 0. The summed E-state index contributed by atoms with van der Waals surface area (Å²) in [5.41, 5.74) is 0. The quantitative estimate of drug-likeness (QED) is 0.593. The van der Waals surface area contributed by atoms with Gasteiger partial charge >= 0.3 is 0 Å². The summed E-state index contributed by atoms with van der Waals surface area (Å²) in [6.07, 6.45) is 0.756. The molecule has 0 saturated carbocycles. The van der Waals surface area contributed by atoms with Gasteiger partial charge in [-0.1, -0.05) is 20.8 Å². The monoisotopic (exact) mass is 230 g/mol. The number of hydrogen-bond acceptors (Lipinski definition) is 2. The fourth-order valence-corrected chi connectivity index (χ4v) is 1.70. The second kappa shape index (κ2) is 6.80. The van der Waals surface area contributed by atoms with Gasteiger partial charge in [0.25, 0.3) is 0 Å². The van der Waals surface area contributed by atoms with Crippen molar-refractivity contribution in [3.05, 3.63) is 0 Å². The first-order valence-corrected chi connectivity index (χ1v) is 7.47. The van der Waals surface area contributed by atoms with Crippen molar-refractivity contribution >= 4 is 8.32 Å². The normalized spacial score (nSPS) is 12.5. The maximum atomic E-state index is 8.60. The maximum absolute atomic E-state index is 8.60. The topological polar surface area (TPSA) is 29.5 Å². The average Bonchev–Trinajstić information content (AvgIpc) is 1.85. The van der Waals surface area contributed by atoms with Gasteiger partial charge in [-0.3, -0.25) is 0 Å². The molecule has 0 unspecified atom stereocenters. The Morgan fingerprint density at radius 2 is 1.69 bits per heavy atom. The van der Waals surface area contributed by atoms with E-state index in [4.69, 9.17) is 9.53 Å². The molecule has 0 aromatic rings. The largest absolute Gasteiger partial charge is 0.417 e. The molecule has 1 N–H and O–H groups in total. The van der Waals surface area contributed by atoms with E-state index in [1.807, 2.05) is 0 Å². The number of hydrogen-bond donors (Lipinski definition) is 1. The molecule has 4 heteroatoms. The van der Waals surface area contributed by atoms with Gasteiger partial charge in [-0.05, 0) is 24.6 Å². The van der Waals surface area contributed by atoms with Crippen LogP contribution < -0.4 is 0 Å². The molecule has 0 atom stereocenters. The molecule has 0 rings (SSSR count). The molecule has 0 amide bonds. The van der Waals surface area contributed by atoms with Crippen LogP contribution in [0.5, 0.6) is 0 Å². The van der Waals surface area contributed by atoms with E-state index in [0.717, 1.165) is 6.42 Å². The summed E-state index contributed by atoms with van der Waals surface area (Å²) in [5, 5.41) is 8.88. The Morgan fingerprint density at radius 1 is 1.23 bits per heavy atom. The van der Waals surface area contributed by atoms with Gasteiger partial charge in [-0.15, -0.1) is 0 Å². The summed E-state index contributed by atoms with van der Waals surface area (Å²) in [7, 11) is -1.55. The molecule has 0 saturated heterocycles. The van der Waals surface area contributed by atoms with Crippen molar-refractivity contribution in [2.24, 2.45) is 0 Å². The van der Waals surface area contributed by atoms with Gasteiger partial charge in [-0.2, -0.15) is 0 Å². The zero-order valence-corrected chi connectivity index (χ0v) is 11.0. The standard InChI is InChI=1S/C9H22O2Si.Ar/c1-9(2,3)12(4,5)11-8-6-7-10;/h10H,6-8H2,1-5H3;. The molecule has 82 valence electrons. The van der Waals surface area contributed by atoms with E-state index in [1.54, 1.807) is 0 Å². The van der Waals surface area contributed by atoms with Crippen molar-refractivity contribution in [3.63, 3.8) is 0 Å². The fraction of sp³-hybridized carbons (Fsp3) is 1.00. The van der Waals surface area contributed by atoms with Crippen molar-refractivity contribution in [1.29, 1.82) is 0 Å². The Hall–Kier alpha value is 1.40. The second-order valence-electron chi connectivity index (χ2n) is 4.69. The third-order valence-corrected chi connectivity index (χ3v) is 7.11. The molecule has 0 aliphatic heterocycles. The number of aliphatic hydroxyl groups is 1. The van der Waals surface area contributed by atoms with Gasteiger partial charge in [0.05, 0.1) is 0 Å². The van der Waals surface area contributed by atoms with Crippen molar-refractivity contribution in [2.75, 3.05) is 13.2 Å². The minimum Gasteiger partial charge on any atom is -0.417 e. The van der Waals surface area contributed by atoms with Gasteiger partial charge in [0.2, 0.25) is 0 Å². The Balaban J connectivity index is 0. The minimum absolute atomic E-state index is 0. The predicted octanol–water partition coefficient (Wildman–Crippen LogP) is 2.39. The molecule has 0 bridgehead atoms. The molecular weight excluding hydrogens is 208 g/mol. The molecule has 0 aromatic carbocycles. The number of aliphatic hydroxyl groups excluding tert-OH is 1. The molecule has 2 nitrogen and oxygen atoms in total. The molecule has 0 spiro atoms. The van der Waals surface area contributed by atoms with Gasteiger partial charge in [0, 0.05) is 51.0 Å². The molecule has 0 fully saturated rings. The Labute approximate surface area is 113 Å². The Morgan fingerprint density at radius 3 is 2.00 bits per heavy atom. The SMILES string of the molecule is CC(C)(C)[Si](C)(C)OCCCO.[Ar]. The van der Waals surface area contributed by atoms with E-state index in [2.05, 4.69) is 33.9 Å². The molecular formula is C9H22ArO2Si. The maximum Gasteiger partial charge on any atom is 0.191 e. The van der Waals surface area contributed by atoms with Crippen molar-refractivity contribution in [1.82, 2.24) is 0 Å². The van der Waals surface area contributed by atoms with Crippen molar-refractivity contribution in [3.8, 4) is 0 Å². The first-order valence-electron chi connectivity index (χ1n) is 4.56. The molecule has 0 radical (unpaired) electrons. The number of rotatable bonds is 4. The van der Waals surface area contributed by atoms with Crippen LogP contribution in [0.4, 0.5) is 0 Å². The van der Waals surface area contributed by atoms with Crippen molar-refractivity contribution in [2.45, 2.75) is 45.3 Å². The smallest absolute Gasteiger partial charge is 0.191 e. The van der Waals surface area contributed by atoms with Crippen LogP contribution in [0.3, 0.4) is 0 Å². The third-order valence-electron chi connectivity index (χ3n) is 2.57. The van der Waals surface area contributed by atoms with E-state index in [-0.39, 0.29) is 49.4 Å². The average molecular weight is 230 g/mol. The van der Waals surface area contributed by atoms with Crippen molar-refractivity contribution < 1.29 is 47.3 Å². The molecule has 13 heavy (non-hydrogen) atoms. The zero-order chi connectivity index (χ0) is 9.83. The summed E-state index contributed by atoms with van der Waals surface area (Å²) in [6, 6.07) is 0. The summed E-state index contributed by atoms with van der Waals surface area (Å²) < 4.78 is 5.81. The molecule has 0 aliphatic carbocycles. The summed E-state index contributed by atoms with van der Waals surface area (Å²) in [4.78, 5) is 0. The molecule has 0 aromatic heterocycles. The van der Waals surface area contributed by atoms with E-state index in [0.29, 0.717) is 6.61 Å². The van der Waals surface area contributed by atoms with Crippen LogP contribution in [0.2, 0.25) is 18.1 Å². The Bertz CT molecular complexity index is 132. The van der Waals surface area contributed by atoms with Crippen LogP contribution in [-0.2, 0) is 4.43 Å². The first kappa shape index (κ1) is 16.8. The molecule has 0 aliphatic rings. The van der Waals surface area contributed by atoms with Gasteiger partial charge in [-0.25, -0.2) is 0 Å². The Kier molecular flexibility index (Phi) is 8.80. The molecule has 0 heterocycles. The second-order valence-corrected chi connectivity index (χ2v) is 9.50. The van der Waals surface area contributed by atoms with Crippen LogP contribution in [0.15, 0.2) is 0 Å². The fourth-order valence-electron chi connectivity index (χ4n) is 0.608. The minimum atomic E-state index is -1.55. The van der Waals surface area contributed by atoms with Crippen LogP contribution in [-0.4, -0.2) is 26.6 Å². The summed E-state index contributed by atoms with van der Waals surface area (Å²) in [6.45, 7) is 12.0. The van der Waals surface area contributed by atoms with Crippen LogP contribution in [0, 0.1) is 37.7 Å². The predicted molar refractivity (Wildman–Crippen MR) is 54.9 cm³/mol. The van der Waals surface area contributed by atoms with Crippen LogP contribution >= 0.6 is 0 Å². The van der Waals surface area contributed by atoms with Gasteiger partial charge < -0.3 is 9.53 Å². The van der Waals surface area contributed by atoms with E-state index in [1.165, 1.54) is 0 Å². The zero-order valence-electron chi connectivity index (χ0n) is 9.33. The third kappa shape index (κ3) is 6.47. The van der Waals surface area contributed by atoms with E-state index >= 15 is 0 Å². The van der Waals surface area contributed by atoms with Crippen LogP contribution in [0.25, 0.3) is 0 Å². The first-order chi connectivity index (χ1) is 5.31. The van der Waals surface area contributed by atoms with E-state index in [9.17, 15) is 0 Å². The van der Waals surface area contributed by atoms with Gasteiger partial charge in [0.15, 0.2) is 8.32 Å². The summed E-state index contributed by atoms with van der Waals surface area (Å²) >= 11 is 0. The van der Waals surface area contributed by atoms with E-state index < -0.39 is 8.32 Å². The van der Waals surface area contributed by atoms with Crippen LogP contribution in [0.1, 0.15) is 27.2 Å².